The first kappa shape index (κ1) is 14.9. The van der Waals surface area contributed by atoms with E-state index >= 15 is 0 Å². The Labute approximate surface area is 141 Å². The maximum atomic E-state index is 12.5. The van der Waals surface area contributed by atoms with Gasteiger partial charge in [0.25, 0.3) is 0 Å². The SMILES string of the molecule is CCC1CCC(C(=O)Nc2nc3c(s2)Cc2ccccc2-3)CC1. The highest BCUT2D eigenvalue weighted by Gasteiger charge is 2.27. The highest BCUT2D eigenvalue weighted by Crippen LogP contribution is 2.41. The van der Waals surface area contributed by atoms with Gasteiger partial charge in [-0.25, -0.2) is 4.98 Å². The molecule has 1 N–H and O–H groups in total. The van der Waals surface area contributed by atoms with Crippen LogP contribution in [0.2, 0.25) is 0 Å². The average molecular weight is 326 g/mol. The molecule has 1 saturated carbocycles. The number of hydrogen-bond donors (Lipinski definition) is 1. The molecule has 0 spiro atoms. The summed E-state index contributed by atoms with van der Waals surface area (Å²) >= 11 is 1.63. The van der Waals surface area contributed by atoms with Gasteiger partial charge in [-0.15, -0.1) is 11.3 Å². The van der Waals surface area contributed by atoms with Gasteiger partial charge in [0.1, 0.15) is 0 Å². The van der Waals surface area contributed by atoms with Crippen molar-refractivity contribution >= 4 is 22.4 Å². The molecule has 1 fully saturated rings. The van der Waals surface area contributed by atoms with Crippen LogP contribution in [-0.4, -0.2) is 10.9 Å². The normalized spacial score (nSPS) is 22.5. The lowest BCUT2D eigenvalue weighted by Crippen LogP contribution is -2.27. The number of carbonyl (C=O) groups excluding carboxylic acids is 1. The molecule has 0 saturated heterocycles. The van der Waals surface area contributed by atoms with Gasteiger partial charge >= 0.3 is 0 Å². The maximum Gasteiger partial charge on any atom is 0.229 e. The summed E-state index contributed by atoms with van der Waals surface area (Å²) in [6.07, 6.45) is 6.62. The number of anilines is 1. The van der Waals surface area contributed by atoms with E-state index in [1.165, 1.54) is 35.3 Å². The third kappa shape index (κ3) is 2.80. The van der Waals surface area contributed by atoms with E-state index in [2.05, 4.69) is 41.5 Å². The molecule has 0 atom stereocenters. The van der Waals surface area contributed by atoms with E-state index in [4.69, 9.17) is 0 Å². The number of hydrogen-bond acceptors (Lipinski definition) is 3. The van der Waals surface area contributed by atoms with Gasteiger partial charge in [-0.2, -0.15) is 0 Å². The zero-order valence-corrected chi connectivity index (χ0v) is 14.3. The third-order valence-corrected chi connectivity index (χ3v) is 6.32. The van der Waals surface area contributed by atoms with Gasteiger partial charge < -0.3 is 5.32 Å². The predicted octanol–water partition coefficient (Wildman–Crippen LogP) is 4.87. The Hall–Kier alpha value is -1.68. The molecule has 4 heteroatoms. The summed E-state index contributed by atoms with van der Waals surface area (Å²) in [5.41, 5.74) is 3.63. The van der Waals surface area contributed by atoms with Crippen molar-refractivity contribution in [3.8, 4) is 11.3 Å². The van der Waals surface area contributed by atoms with E-state index in [0.717, 1.165) is 36.0 Å². The van der Waals surface area contributed by atoms with Crippen LogP contribution in [-0.2, 0) is 11.2 Å². The minimum absolute atomic E-state index is 0.167. The summed E-state index contributed by atoms with van der Waals surface area (Å²) in [7, 11) is 0. The Morgan fingerprint density at radius 3 is 2.83 bits per heavy atom. The monoisotopic (exact) mass is 326 g/mol. The second-order valence-electron chi connectivity index (χ2n) is 6.74. The van der Waals surface area contributed by atoms with E-state index in [9.17, 15) is 4.79 Å². The number of rotatable bonds is 3. The van der Waals surface area contributed by atoms with Crippen LogP contribution in [0.3, 0.4) is 0 Å². The van der Waals surface area contributed by atoms with Gasteiger partial charge in [0.15, 0.2) is 5.13 Å². The molecule has 0 unspecified atom stereocenters. The van der Waals surface area contributed by atoms with Crippen molar-refractivity contribution in [2.75, 3.05) is 5.32 Å². The quantitative estimate of drug-likeness (QED) is 0.746. The van der Waals surface area contributed by atoms with Crippen molar-refractivity contribution in [1.82, 2.24) is 4.98 Å². The summed E-state index contributed by atoms with van der Waals surface area (Å²) in [6.45, 7) is 2.25. The first-order valence-corrected chi connectivity index (χ1v) is 9.45. The standard InChI is InChI=1S/C19H22N2OS/c1-2-12-7-9-13(10-8-12)18(22)21-19-20-17-15-6-4-3-5-14(15)11-16(17)23-19/h3-6,12-13H,2,7-11H2,1H3,(H,20,21,22). The lowest BCUT2D eigenvalue weighted by molar-refractivity contribution is -0.121. The van der Waals surface area contributed by atoms with Gasteiger partial charge in [-0.3, -0.25) is 4.79 Å². The lowest BCUT2D eigenvalue weighted by atomic mass is 9.80. The molecular formula is C19H22N2OS. The van der Waals surface area contributed by atoms with Crippen molar-refractivity contribution in [2.45, 2.75) is 45.4 Å². The molecule has 120 valence electrons. The summed E-state index contributed by atoms with van der Waals surface area (Å²) in [4.78, 5) is 18.4. The fourth-order valence-corrected chi connectivity index (χ4v) is 4.86. The first-order chi connectivity index (χ1) is 11.2. The Morgan fingerprint density at radius 1 is 1.26 bits per heavy atom. The van der Waals surface area contributed by atoms with E-state index in [0.29, 0.717) is 0 Å². The third-order valence-electron chi connectivity index (χ3n) is 5.35. The van der Waals surface area contributed by atoms with Crippen LogP contribution in [0.4, 0.5) is 5.13 Å². The number of nitrogens with one attached hydrogen (secondary N) is 1. The van der Waals surface area contributed by atoms with Crippen molar-refractivity contribution in [1.29, 1.82) is 0 Å². The molecule has 1 aromatic heterocycles. The summed E-state index contributed by atoms with van der Waals surface area (Å²) < 4.78 is 0. The van der Waals surface area contributed by atoms with Crippen molar-refractivity contribution in [3.63, 3.8) is 0 Å². The maximum absolute atomic E-state index is 12.5. The Kier molecular flexibility index (Phi) is 3.93. The highest BCUT2D eigenvalue weighted by atomic mass is 32.1. The number of amides is 1. The average Bonchev–Trinajstić information content (AvgIpc) is 3.12. The van der Waals surface area contributed by atoms with Crippen LogP contribution in [0.5, 0.6) is 0 Å². The fraction of sp³-hybridized carbons (Fsp3) is 0.474. The van der Waals surface area contributed by atoms with E-state index in [1.54, 1.807) is 11.3 Å². The largest absolute Gasteiger partial charge is 0.302 e. The smallest absolute Gasteiger partial charge is 0.229 e. The zero-order valence-electron chi connectivity index (χ0n) is 13.5. The van der Waals surface area contributed by atoms with Crippen molar-refractivity contribution in [3.05, 3.63) is 34.7 Å². The summed E-state index contributed by atoms with van der Waals surface area (Å²) in [6, 6.07) is 8.41. The Balaban J connectivity index is 1.44. The van der Waals surface area contributed by atoms with Crippen molar-refractivity contribution < 1.29 is 4.79 Å². The van der Waals surface area contributed by atoms with Crippen LogP contribution >= 0.6 is 11.3 Å². The number of carbonyl (C=O) groups is 1. The second-order valence-corrected chi connectivity index (χ2v) is 7.82. The van der Waals surface area contributed by atoms with Gasteiger partial charge in [0, 0.05) is 22.8 Å². The molecular weight excluding hydrogens is 304 g/mol. The molecule has 2 aliphatic carbocycles. The molecule has 1 aromatic carbocycles. The van der Waals surface area contributed by atoms with Gasteiger partial charge in [-0.05, 0) is 37.2 Å². The number of fused-ring (bicyclic) bond motifs is 3. The summed E-state index contributed by atoms with van der Waals surface area (Å²) in [5.74, 6) is 1.16. The van der Waals surface area contributed by atoms with Crippen LogP contribution in [0.1, 0.15) is 49.5 Å². The zero-order chi connectivity index (χ0) is 15.8. The topological polar surface area (TPSA) is 42.0 Å². The highest BCUT2D eigenvalue weighted by molar-refractivity contribution is 7.16. The number of thiazole rings is 1. The molecule has 3 nitrogen and oxygen atoms in total. The second kappa shape index (κ2) is 6.08. The molecule has 4 rings (SSSR count). The molecule has 0 bridgehead atoms. The fourth-order valence-electron chi connectivity index (χ4n) is 3.85. The van der Waals surface area contributed by atoms with Crippen LogP contribution in [0.15, 0.2) is 24.3 Å². The van der Waals surface area contributed by atoms with Crippen LogP contribution in [0.25, 0.3) is 11.3 Å². The van der Waals surface area contributed by atoms with E-state index in [-0.39, 0.29) is 11.8 Å². The molecule has 2 aliphatic rings. The van der Waals surface area contributed by atoms with Gasteiger partial charge in [-0.1, -0.05) is 37.6 Å². The number of benzene rings is 1. The molecule has 0 radical (unpaired) electrons. The van der Waals surface area contributed by atoms with Crippen LogP contribution in [0, 0.1) is 11.8 Å². The first-order valence-electron chi connectivity index (χ1n) is 8.63. The number of aromatic nitrogens is 1. The Bertz CT molecular complexity index is 729. The lowest BCUT2D eigenvalue weighted by Gasteiger charge is -2.26. The molecule has 23 heavy (non-hydrogen) atoms. The van der Waals surface area contributed by atoms with Gasteiger partial charge in [0.2, 0.25) is 5.91 Å². The number of nitrogens with zero attached hydrogens (tertiary/aromatic N) is 1. The summed E-state index contributed by atoms with van der Waals surface area (Å²) in [5, 5.41) is 3.84. The van der Waals surface area contributed by atoms with E-state index < -0.39 is 0 Å². The van der Waals surface area contributed by atoms with E-state index in [1.807, 2.05) is 0 Å². The predicted molar refractivity (Wildman–Crippen MR) is 94.7 cm³/mol. The molecule has 0 aliphatic heterocycles. The minimum atomic E-state index is 0.167. The minimum Gasteiger partial charge on any atom is -0.302 e. The van der Waals surface area contributed by atoms with Crippen LogP contribution < -0.4 is 5.32 Å². The Morgan fingerprint density at radius 2 is 2.04 bits per heavy atom. The van der Waals surface area contributed by atoms with Crippen molar-refractivity contribution in [2.24, 2.45) is 11.8 Å². The van der Waals surface area contributed by atoms with Gasteiger partial charge in [0.05, 0.1) is 5.69 Å². The molecule has 1 amide bonds. The molecule has 1 heterocycles. The molecule has 2 aromatic rings.